The standard InChI is InChI=1S/C33H54O5/c1-19(2)38-27(37)30(6)15-14-29(5)16-17-31(7)20(21(29)18-30)10-11-23-32(31,8)13-12-22-28(3,4)25(35)24(34)26(36)33(22,23)9/h10,19,21-26,34-36H,11-18H2,1-9H3/t21-,22-,23-,24+,25-,26-,29+,30-,31+,32+,33-/m0/s1. The van der Waals surface area contributed by atoms with Crippen molar-refractivity contribution in [2.75, 3.05) is 0 Å². The summed E-state index contributed by atoms with van der Waals surface area (Å²) in [6.07, 6.45) is 7.32. The lowest BCUT2D eigenvalue weighted by Crippen LogP contribution is -2.71. The zero-order chi connectivity index (χ0) is 28.3. The van der Waals surface area contributed by atoms with Gasteiger partial charge in [0.05, 0.1) is 23.7 Å². The minimum absolute atomic E-state index is 0.0286. The molecule has 4 fully saturated rings. The van der Waals surface area contributed by atoms with Crippen LogP contribution in [0.4, 0.5) is 0 Å². The normalized spacial score (nSPS) is 53.7. The molecule has 4 saturated carbocycles. The third kappa shape index (κ3) is 3.49. The molecule has 5 rings (SSSR count). The maximum absolute atomic E-state index is 13.3. The zero-order valence-electron chi connectivity index (χ0n) is 25.4. The predicted octanol–water partition coefficient (Wildman–Crippen LogP) is 6.04. The Balaban J connectivity index is 1.56. The van der Waals surface area contributed by atoms with Crippen molar-refractivity contribution in [1.29, 1.82) is 0 Å². The summed E-state index contributed by atoms with van der Waals surface area (Å²) in [4.78, 5) is 13.3. The summed E-state index contributed by atoms with van der Waals surface area (Å²) in [7, 11) is 0. The molecular weight excluding hydrogens is 476 g/mol. The number of esters is 1. The van der Waals surface area contributed by atoms with Gasteiger partial charge in [-0.15, -0.1) is 0 Å². The second-order valence-corrected chi connectivity index (χ2v) is 16.3. The highest BCUT2D eigenvalue weighted by Gasteiger charge is 2.71. The number of fused-ring (bicyclic) bond motifs is 7. The minimum atomic E-state index is -1.13. The van der Waals surface area contributed by atoms with Gasteiger partial charge < -0.3 is 20.1 Å². The summed E-state index contributed by atoms with van der Waals surface area (Å²) in [5, 5.41) is 33.6. The van der Waals surface area contributed by atoms with E-state index in [0.29, 0.717) is 5.92 Å². The van der Waals surface area contributed by atoms with Crippen LogP contribution >= 0.6 is 0 Å². The van der Waals surface area contributed by atoms with Gasteiger partial charge in [-0.1, -0.05) is 53.2 Å². The largest absolute Gasteiger partial charge is 0.463 e. The Bertz CT molecular complexity index is 1020. The third-order valence-corrected chi connectivity index (χ3v) is 13.8. The van der Waals surface area contributed by atoms with Crippen LogP contribution in [0, 0.1) is 50.2 Å². The number of aliphatic hydroxyl groups is 3. The first-order valence-electron chi connectivity index (χ1n) is 15.3. The van der Waals surface area contributed by atoms with E-state index in [9.17, 15) is 20.1 Å². The molecule has 0 aromatic heterocycles. The molecule has 0 saturated heterocycles. The smallest absolute Gasteiger partial charge is 0.312 e. The molecule has 0 aromatic carbocycles. The Morgan fingerprint density at radius 1 is 0.895 bits per heavy atom. The van der Waals surface area contributed by atoms with E-state index in [-0.39, 0.29) is 40.2 Å². The van der Waals surface area contributed by atoms with E-state index in [0.717, 1.165) is 51.4 Å². The van der Waals surface area contributed by atoms with Crippen molar-refractivity contribution in [1.82, 2.24) is 0 Å². The Morgan fingerprint density at radius 3 is 2.16 bits per heavy atom. The molecule has 0 heterocycles. The fourth-order valence-electron chi connectivity index (χ4n) is 11.0. The Morgan fingerprint density at radius 2 is 1.53 bits per heavy atom. The first-order valence-corrected chi connectivity index (χ1v) is 15.3. The average Bonchev–Trinajstić information content (AvgIpc) is 2.83. The van der Waals surface area contributed by atoms with E-state index in [1.54, 1.807) is 5.57 Å². The van der Waals surface area contributed by atoms with Crippen molar-refractivity contribution >= 4 is 5.97 Å². The van der Waals surface area contributed by atoms with Gasteiger partial charge in [-0.3, -0.25) is 4.79 Å². The molecule has 0 unspecified atom stereocenters. The molecule has 3 N–H and O–H groups in total. The SMILES string of the molecule is CC(C)OC(=O)[C@@]1(C)CC[C@]2(C)CC[C@]3(C)C(=CC[C@@H]4[C@@]5(C)[C@@H](O)[C@H](O)[C@H](O)C(C)(C)[C@@H]5CC[C@]43C)[C@@H]2C1. The van der Waals surface area contributed by atoms with Crippen molar-refractivity contribution in [3.63, 3.8) is 0 Å². The average molecular weight is 531 g/mol. The maximum Gasteiger partial charge on any atom is 0.312 e. The summed E-state index contributed by atoms with van der Waals surface area (Å²) < 4.78 is 5.76. The maximum atomic E-state index is 13.3. The summed E-state index contributed by atoms with van der Waals surface area (Å²) in [5.74, 6) is 0.653. The molecule has 0 aromatic rings. The highest BCUT2D eigenvalue weighted by atomic mass is 16.5. The summed E-state index contributed by atoms with van der Waals surface area (Å²) in [5.41, 5.74) is 0.267. The number of carbonyl (C=O) groups excluding carboxylic acids is 1. The summed E-state index contributed by atoms with van der Waals surface area (Å²) >= 11 is 0. The molecule has 5 aliphatic carbocycles. The lowest BCUT2D eigenvalue weighted by molar-refractivity contribution is -0.278. The van der Waals surface area contributed by atoms with Crippen LogP contribution in [0.25, 0.3) is 0 Å². The van der Waals surface area contributed by atoms with Crippen molar-refractivity contribution in [2.45, 2.75) is 138 Å². The molecule has 0 radical (unpaired) electrons. The molecule has 5 nitrogen and oxygen atoms in total. The van der Waals surface area contributed by atoms with Crippen LogP contribution in [0.3, 0.4) is 0 Å². The van der Waals surface area contributed by atoms with Gasteiger partial charge in [-0.2, -0.15) is 0 Å². The lowest BCUT2D eigenvalue weighted by atomic mass is 9.33. The molecule has 0 spiro atoms. The van der Waals surface area contributed by atoms with Gasteiger partial charge in [0, 0.05) is 5.41 Å². The third-order valence-electron chi connectivity index (χ3n) is 13.8. The van der Waals surface area contributed by atoms with Crippen molar-refractivity contribution < 1.29 is 24.9 Å². The fraction of sp³-hybridized carbons (Fsp3) is 0.909. The number of hydrogen-bond donors (Lipinski definition) is 3. The van der Waals surface area contributed by atoms with Crippen molar-refractivity contribution in [2.24, 2.45) is 50.2 Å². The zero-order valence-corrected chi connectivity index (χ0v) is 25.4. The molecule has 0 aliphatic heterocycles. The van der Waals surface area contributed by atoms with E-state index in [2.05, 4.69) is 54.5 Å². The van der Waals surface area contributed by atoms with Crippen molar-refractivity contribution in [3.05, 3.63) is 11.6 Å². The Kier molecular flexibility index (Phi) is 6.44. The topological polar surface area (TPSA) is 87.0 Å². The number of hydrogen-bond acceptors (Lipinski definition) is 5. The molecule has 0 bridgehead atoms. The highest BCUT2D eigenvalue weighted by molar-refractivity contribution is 5.77. The second kappa shape index (κ2) is 8.55. The predicted molar refractivity (Wildman–Crippen MR) is 149 cm³/mol. The molecule has 5 aliphatic rings. The number of ether oxygens (including phenoxy) is 1. The van der Waals surface area contributed by atoms with E-state index in [1.807, 2.05) is 13.8 Å². The van der Waals surface area contributed by atoms with Crippen molar-refractivity contribution in [3.8, 4) is 0 Å². The molecule has 38 heavy (non-hydrogen) atoms. The van der Waals surface area contributed by atoms with Crippen LogP contribution in [0.1, 0.15) is 114 Å². The van der Waals surface area contributed by atoms with Gasteiger partial charge in [0.15, 0.2) is 0 Å². The van der Waals surface area contributed by atoms with E-state index in [1.165, 1.54) is 0 Å². The van der Waals surface area contributed by atoms with Crippen LogP contribution in [0.2, 0.25) is 0 Å². The van der Waals surface area contributed by atoms with Gasteiger partial charge in [-0.25, -0.2) is 0 Å². The highest BCUT2D eigenvalue weighted by Crippen LogP contribution is 2.75. The van der Waals surface area contributed by atoms with Gasteiger partial charge in [0.2, 0.25) is 0 Å². The molecular formula is C33H54O5. The fourth-order valence-corrected chi connectivity index (χ4v) is 11.0. The first-order chi connectivity index (χ1) is 17.4. The van der Waals surface area contributed by atoms with E-state index < -0.39 is 34.6 Å². The van der Waals surface area contributed by atoms with Crippen LogP contribution in [-0.2, 0) is 9.53 Å². The van der Waals surface area contributed by atoms with Gasteiger partial charge in [0.25, 0.3) is 0 Å². The van der Waals surface area contributed by atoms with E-state index >= 15 is 0 Å². The Labute approximate surface area is 230 Å². The Hall–Kier alpha value is -0.910. The quantitative estimate of drug-likeness (QED) is 0.299. The molecule has 0 amide bonds. The van der Waals surface area contributed by atoms with Crippen LogP contribution in [-0.4, -0.2) is 45.7 Å². The van der Waals surface area contributed by atoms with Crippen LogP contribution in [0.5, 0.6) is 0 Å². The van der Waals surface area contributed by atoms with Crippen LogP contribution < -0.4 is 0 Å². The monoisotopic (exact) mass is 530 g/mol. The molecule has 216 valence electrons. The van der Waals surface area contributed by atoms with Crippen LogP contribution in [0.15, 0.2) is 11.6 Å². The van der Waals surface area contributed by atoms with Gasteiger partial charge in [-0.05, 0) is 112 Å². The molecule has 5 heteroatoms. The second-order valence-electron chi connectivity index (χ2n) is 16.3. The first kappa shape index (κ1) is 28.6. The summed E-state index contributed by atoms with van der Waals surface area (Å²) in [6, 6.07) is 0. The van der Waals surface area contributed by atoms with Gasteiger partial charge in [0.1, 0.15) is 6.10 Å². The minimum Gasteiger partial charge on any atom is -0.463 e. The van der Waals surface area contributed by atoms with E-state index in [4.69, 9.17) is 4.74 Å². The summed E-state index contributed by atoms with van der Waals surface area (Å²) in [6.45, 7) is 19.7. The number of allylic oxidation sites excluding steroid dienone is 2. The number of aliphatic hydroxyl groups excluding tert-OH is 3. The lowest BCUT2D eigenvalue weighted by Gasteiger charge is -2.72. The molecule has 11 atom stereocenters. The number of carbonyl (C=O) groups is 1. The number of rotatable bonds is 2. The van der Waals surface area contributed by atoms with Gasteiger partial charge >= 0.3 is 5.97 Å².